The van der Waals surface area contributed by atoms with Crippen molar-refractivity contribution in [3.05, 3.63) is 34.9 Å². The fourth-order valence-electron chi connectivity index (χ4n) is 6.02. The molecular formula is C20H22O6. The zero-order chi connectivity index (χ0) is 18.6. The van der Waals surface area contributed by atoms with Gasteiger partial charge in [-0.05, 0) is 23.8 Å². The molecule has 0 saturated heterocycles. The van der Waals surface area contributed by atoms with Gasteiger partial charge in [0.25, 0.3) is 0 Å². The number of aromatic hydroxyl groups is 1. The lowest BCUT2D eigenvalue weighted by atomic mass is 9.54. The maximum absolute atomic E-state index is 12.9. The van der Waals surface area contributed by atoms with Crippen LogP contribution in [0.15, 0.2) is 29.3 Å². The molecule has 3 aliphatic carbocycles. The number of rotatable bonds is 0. The minimum absolute atomic E-state index is 0.0427. The molecule has 6 heteroatoms. The molecule has 0 radical (unpaired) electrons. The molecule has 4 aliphatic rings. The fraction of sp³-hybridized carbons (Fsp3) is 0.550. The van der Waals surface area contributed by atoms with Gasteiger partial charge in [0, 0.05) is 41.0 Å². The normalized spacial score (nSPS) is 42.2. The Hall–Kier alpha value is -1.89. The summed E-state index contributed by atoms with van der Waals surface area (Å²) in [4.78, 5) is 12.9. The predicted octanol–water partition coefficient (Wildman–Crippen LogP) is 1.22. The molecule has 2 bridgehead atoms. The molecule has 2 fully saturated rings. The summed E-state index contributed by atoms with van der Waals surface area (Å²) in [6, 6.07) is 4.81. The van der Waals surface area contributed by atoms with Gasteiger partial charge in [-0.1, -0.05) is 19.9 Å². The second-order valence-electron chi connectivity index (χ2n) is 8.80. The average Bonchev–Trinajstić information content (AvgIpc) is 2.74. The second-order valence-corrected chi connectivity index (χ2v) is 8.80. The molecule has 0 aromatic heterocycles. The third-order valence-corrected chi connectivity index (χ3v) is 7.13. The first-order chi connectivity index (χ1) is 12.1. The number of phenolic OH excluding ortho intramolecular Hbond substituents is 1. The van der Waals surface area contributed by atoms with Gasteiger partial charge in [-0.2, -0.15) is 0 Å². The van der Waals surface area contributed by atoms with Crippen LogP contribution in [0.3, 0.4) is 0 Å². The van der Waals surface area contributed by atoms with Gasteiger partial charge in [-0.3, -0.25) is 4.79 Å². The molecule has 1 heterocycles. The number of hydrogen-bond acceptors (Lipinski definition) is 6. The van der Waals surface area contributed by atoms with Crippen molar-refractivity contribution in [2.45, 2.75) is 50.6 Å². The van der Waals surface area contributed by atoms with Crippen LogP contribution in [0.4, 0.5) is 0 Å². The van der Waals surface area contributed by atoms with Crippen LogP contribution >= 0.6 is 0 Å². The number of benzene rings is 1. The quantitative estimate of drug-likeness (QED) is 0.556. The lowest BCUT2D eigenvalue weighted by Crippen LogP contribution is -2.52. The topological polar surface area (TPSA) is 107 Å². The molecule has 1 aromatic rings. The number of aliphatic hydroxyl groups excluding tert-OH is 2. The van der Waals surface area contributed by atoms with Gasteiger partial charge in [0.1, 0.15) is 11.5 Å². The van der Waals surface area contributed by atoms with Crippen LogP contribution in [-0.4, -0.2) is 44.2 Å². The number of ketones is 1. The Morgan fingerprint density at radius 2 is 1.96 bits per heavy atom. The molecular weight excluding hydrogens is 336 g/mol. The van der Waals surface area contributed by atoms with E-state index in [1.807, 2.05) is 0 Å². The Labute approximate surface area is 150 Å². The van der Waals surface area contributed by atoms with Gasteiger partial charge in [-0.25, -0.2) is 0 Å². The number of hydrogen-bond donors (Lipinski definition) is 4. The number of Topliss-reactive ketones (excluding diaryl/α,β-unsaturated/α-hetero) is 1. The van der Waals surface area contributed by atoms with Gasteiger partial charge in [0.2, 0.25) is 6.29 Å². The van der Waals surface area contributed by atoms with Crippen molar-refractivity contribution in [1.29, 1.82) is 0 Å². The molecule has 0 spiro atoms. The fourth-order valence-corrected chi connectivity index (χ4v) is 6.02. The number of fused-ring (bicyclic) bond motifs is 4. The monoisotopic (exact) mass is 358 g/mol. The number of phenols is 1. The summed E-state index contributed by atoms with van der Waals surface area (Å²) in [7, 11) is 0. The van der Waals surface area contributed by atoms with Crippen LogP contribution in [0.2, 0.25) is 0 Å². The van der Waals surface area contributed by atoms with Crippen molar-refractivity contribution >= 4 is 5.78 Å². The Balaban J connectivity index is 1.81. The SMILES string of the molecule is CC1(C)[C@@H]2C[C@]3(O)CC(=O)C(=C4[C@H](O)Oc5cc(O)ccc5[C@H]41)[C@@H]2C3O. The largest absolute Gasteiger partial charge is 0.508 e. The van der Waals surface area contributed by atoms with Crippen LogP contribution < -0.4 is 4.74 Å². The first-order valence-corrected chi connectivity index (χ1v) is 9.00. The van der Waals surface area contributed by atoms with E-state index in [0.29, 0.717) is 23.3 Å². The molecule has 6 nitrogen and oxygen atoms in total. The molecule has 1 aromatic carbocycles. The van der Waals surface area contributed by atoms with Crippen molar-refractivity contribution < 1.29 is 30.0 Å². The average molecular weight is 358 g/mol. The molecule has 5 rings (SSSR count). The first kappa shape index (κ1) is 16.3. The van der Waals surface area contributed by atoms with Gasteiger partial charge < -0.3 is 25.2 Å². The van der Waals surface area contributed by atoms with Crippen LogP contribution in [0.1, 0.15) is 38.2 Å². The van der Waals surface area contributed by atoms with E-state index < -0.39 is 29.3 Å². The van der Waals surface area contributed by atoms with Crippen molar-refractivity contribution in [2.75, 3.05) is 0 Å². The number of carbonyl (C=O) groups is 1. The molecule has 1 aliphatic heterocycles. The highest BCUT2D eigenvalue weighted by molar-refractivity contribution is 6.00. The molecule has 4 N–H and O–H groups in total. The summed E-state index contributed by atoms with van der Waals surface area (Å²) in [5.41, 5.74) is -0.0766. The lowest BCUT2D eigenvalue weighted by Gasteiger charge is -2.52. The van der Waals surface area contributed by atoms with Gasteiger partial charge >= 0.3 is 0 Å². The maximum atomic E-state index is 12.9. The van der Waals surface area contributed by atoms with Crippen molar-refractivity contribution in [2.24, 2.45) is 17.3 Å². The molecule has 0 amide bonds. The Morgan fingerprint density at radius 1 is 1.23 bits per heavy atom. The van der Waals surface area contributed by atoms with Crippen LogP contribution in [0.25, 0.3) is 0 Å². The van der Waals surface area contributed by atoms with E-state index in [1.54, 1.807) is 12.1 Å². The van der Waals surface area contributed by atoms with E-state index in [9.17, 15) is 25.2 Å². The van der Waals surface area contributed by atoms with Gasteiger partial charge in [-0.15, -0.1) is 0 Å². The van der Waals surface area contributed by atoms with E-state index in [4.69, 9.17) is 4.74 Å². The van der Waals surface area contributed by atoms with E-state index >= 15 is 0 Å². The number of carbonyl (C=O) groups excluding carboxylic acids is 1. The minimum atomic E-state index is -1.40. The highest BCUT2D eigenvalue weighted by Crippen LogP contribution is 2.66. The van der Waals surface area contributed by atoms with Crippen LogP contribution in [0.5, 0.6) is 11.5 Å². The molecule has 138 valence electrons. The highest BCUT2D eigenvalue weighted by Gasteiger charge is 2.67. The third-order valence-electron chi connectivity index (χ3n) is 7.13. The van der Waals surface area contributed by atoms with Crippen molar-refractivity contribution in [3.63, 3.8) is 0 Å². The zero-order valence-corrected chi connectivity index (χ0v) is 14.6. The highest BCUT2D eigenvalue weighted by atomic mass is 16.6. The van der Waals surface area contributed by atoms with Gasteiger partial charge in [0.05, 0.1) is 11.7 Å². The lowest BCUT2D eigenvalue weighted by molar-refractivity contribution is -0.134. The minimum Gasteiger partial charge on any atom is -0.508 e. The van der Waals surface area contributed by atoms with Gasteiger partial charge in [0.15, 0.2) is 5.78 Å². The van der Waals surface area contributed by atoms with E-state index in [1.165, 1.54) is 6.07 Å². The smallest absolute Gasteiger partial charge is 0.221 e. The summed E-state index contributed by atoms with van der Waals surface area (Å²) in [5.74, 6) is -0.636. The van der Waals surface area contributed by atoms with E-state index in [-0.39, 0.29) is 29.8 Å². The Morgan fingerprint density at radius 3 is 2.69 bits per heavy atom. The van der Waals surface area contributed by atoms with E-state index in [2.05, 4.69) is 13.8 Å². The standard InChI is InChI=1S/C20H22O6/c1-19(2)10-6-20(25)7-11(22)14(13(10)17(20)23)15-16(19)9-4-3-8(21)5-12(9)26-18(15)24/h3-5,10,13,16-18,21,23-25H,6-7H2,1-2H3/t10-,13-,16-,17?,18-,20+/m1/s1. The molecule has 2 saturated carbocycles. The second kappa shape index (κ2) is 4.68. The molecule has 6 atom stereocenters. The maximum Gasteiger partial charge on any atom is 0.221 e. The third kappa shape index (κ3) is 1.75. The number of aliphatic hydroxyl groups is 3. The summed E-state index contributed by atoms with van der Waals surface area (Å²) >= 11 is 0. The first-order valence-electron chi connectivity index (χ1n) is 9.00. The van der Waals surface area contributed by atoms with E-state index in [0.717, 1.165) is 5.56 Å². The summed E-state index contributed by atoms with van der Waals surface area (Å²) in [5, 5.41) is 42.1. The van der Waals surface area contributed by atoms with Crippen LogP contribution in [-0.2, 0) is 4.79 Å². The van der Waals surface area contributed by atoms with Crippen molar-refractivity contribution in [3.8, 4) is 11.5 Å². The number of ether oxygens (including phenoxy) is 1. The van der Waals surface area contributed by atoms with Crippen LogP contribution in [0, 0.1) is 17.3 Å². The summed E-state index contributed by atoms with van der Waals surface area (Å²) < 4.78 is 5.62. The Bertz CT molecular complexity index is 871. The van der Waals surface area contributed by atoms with Crippen molar-refractivity contribution in [1.82, 2.24) is 0 Å². The zero-order valence-electron chi connectivity index (χ0n) is 14.6. The molecule has 1 unspecified atom stereocenters. The summed E-state index contributed by atoms with van der Waals surface area (Å²) in [6.45, 7) is 4.10. The predicted molar refractivity (Wildman–Crippen MR) is 90.5 cm³/mol. The summed E-state index contributed by atoms with van der Waals surface area (Å²) in [6.07, 6.45) is -2.10. The molecule has 26 heavy (non-hydrogen) atoms. The Kier molecular flexibility index (Phi) is 2.94.